The van der Waals surface area contributed by atoms with E-state index in [2.05, 4.69) is 10.1 Å². The van der Waals surface area contributed by atoms with Crippen molar-refractivity contribution in [2.24, 2.45) is 5.14 Å². The van der Waals surface area contributed by atoms with Gasteiger partial charge in [0.15, 0.2) is 11.3 Å². The number of imidazole rings is 1. The van der Waals surface area contributed by atoms with E-state index in [1.54, 1.807) is 6.92 Å². The number of rotatable bonds is 3. The molecule has 0 saturated carbocycles. The molecule has 0 unspecified atom stereocenters. The van der Waals surface area contributed by atoms with Crippen molar-refractivity contribution < 1.29 is 26.3 Å². The number of nitrogens with two attached hydrogens (primary N) is 1. The number of ether oxygens (including phenoxy) is 1. The highest BCUT2D eigenvalue weighted by Crippen LogP contribution is 2.33. The maximum absolute atomic E-state index is 12.8. The highest BCUT2D eigenvalue weighted by atomic mass is 32.2. The molecule has 0 amide bonds. The summed E-state index contributed by atoms with van der Waals surface area (Å²) in [6.07, 6.45) is -4.97. The van der Waals surface area contributed by atoms with Gasteiger partial charge in [-0.15, -0.1) is 5.10 Å². The highest BCUT2D eigenvalue weighted by Gasteiger charge is 2.41. The number of hydrogen-bond acceptors (Lipinski definition) is 5. The Morgan fingerprint density at radius 1 is 1.40 bits per heavy atom. The molecule has 0 aliphatic carbocycles. The Morgan fingerprint density at radius 3 is 2.55 bits per heavy atom. The lowest BCUT2D eigenvalue weighted by Gasteiger charge is -2.05. The van der Waals surface area contributed by atoms with Crippen LogP contribution in [0.5, 0.6) is 5.88 Å². The van der Waals surface area contributed by atoms with Crippen molar-refractivity contribution in [3.05, 3.63) is 17.8 Å². The quantitative estimate of drug-likeness (QED) is 0.903. The van der Waals surface area contributed by atoms with Gasteiger partial charge in [0.2, 0.25) is 10.9 Å². The maximum atomic E-state index is 12.8. The van der Waals surface area contributed by atoms with Crippen LogP contribution >= 0.6 is 0 Å². The number of nitrogens with zero attached hydrogens (tertiary/aromatic N) is 3. The van der Waals surface area contributed by atoms with Gasteiger partial charge >= 0.3 is 6.18 Å². The molecule has 110 valence electrons. The molecule has 0 saturated heterocycles. The van der Waals surface area contributed by atoms with E-state index in [4.69, 9.17) is 9.88 Å². The monoisotopic (exact) mass is 310 g/mol. The molecule has 0 radical (unpaired) electrons. The van der Waals surface area contributed by atoms with Crippen molar-refractivity contribution >= 4 is 15.7 Å². The summed E-state index contributed by atoms with van der Waals surface area (Å²) < 4.78 is 66.7. The summed E-state index contributed by atoms with van der Waals surface area (Å²) in [4.78, 5) is 3.21. The molecule has 0 atom stereocenters. The lowest BCUT2D eigenvalue weighted by molar-refractivity contribution is -0.143. The third-order valence-electron chi connectivity index (χ3n) is 2.24. The van der Waals surface area contributed by atoms with Gasteiger partial charge in [-0.2, -0.15) is 17.7 Å². The molecule has 11 heteroatoms. The van der Waals surface area contributed by atoms with Gasteiger partial charge < -0.3 is 4.74 Å². The Balaban J connectivity index is 2.83. The van der Waals surface area contributed by atoms with Crippen LogP contribution in [0.25, 0.3) is 5.65 Å². The third-order valence-corrected chi connectivity index (χ3v) is 3.15. The number of sulfonamides is 1. The Bertz CT molecular complexity index is 754. The first kappa shape index (κ1) is 14.5. The second-order valence-electron chi connectivity index (χ2n) is 3.68. The first-order valence-corrected chi connectivity index (χ1v) is 6.82. The van der Waals surface area contributed by atoms with Crippen LogP contribution in [-0.4, -0.2) is 29.6 Å². The minimum atomic E-state index is -4.97. The molecule has 2 heterocycles. The van der Waals surface area contributed by atoms with Crippen molar-refractivity contribution in [3.63, 3.8) is 0 Å². The molecule has 0 aliphatic heterocycles. The third kappa shape index (κ3) is 2.54. The summed E-state index contributed by atoms with van der Waals surface area (Å²) in [7, 11) is -4.67. The summed E-state index contributed by atoms with van der Waals surface area (Å²) in [6.45, 7) is 1.85. The fourth-order valence-corrected chi connectivity index (χ4v) is 2.37. The zero-order chi connectivity index (χ0) is 15.1. The maximum Gasteiger partial charge on any atom is 0.436 e. The average Bonchev–Trinajstić information content (AvgIpc) is 2.67. The van der Waals surface area contributed by atoms with E-state index in [0.29, 0.717) is 4.52 Å². The molecule has 0 fully saturated rings. The van der Waals surface area contributed by atoms with Gasteiger partial charge in [-0.25, -0.2) is 18.5 Å². The minimum Gasteiger partial charge on any atom is -0.477 e. The van der Waals surface area contributed by atoms with E-state index in [1.165, 1.54) is 6.07 Å². The topological polar surface area (TPSA) is 99.6 Å². The molecule has 2 rings (SSSR count). The Hall–Kier alpha value is -1.88. The molecule has 0 bridgehead atoms. The second kappa shape index (κ2) is 4.59. The van der Waals surface area contributed by atoms with Crippen LogP contribution in [0.3, 0.4) is 0 Å². The minimum absolute atomic E-state index is 0.0453. The van der Waals surface area contributed by atoms with Gasteiger partial charge in [0.05, 0.1) is 6.61 Å². The Labute approximate surface area is 111 Å². The number of primary sulfonamides is 1. The SMILES string of the molecule is CCOc1ccc2nc(C(F)(F)F)c(S(N)(=O)=O)n2n1. The van der Waals surface area contributed by atoms with E-state index < -0.39 is 26.9 Å². The molecular weight excluding hydrogens is 301 g/mol. The highest BCUT2D eigenvalue weighted by molar-refractivity contribution is 7.89. The number of fused-ring (bicyclic) bond motifs is 1. The number of alkyl halides is 3. The van der Waals surface area contributed by atoms with Crippen molar-refractivity contribution in [2.45, 2.75) is 18.1 Å². The van der Waals surface area contributed by atoms with Gasteiger partial charge in [0, 0.05) is 6.07 Å². The molecule has 2 N–H and O–H groups in total. The van der Waals surface area contributed by atoms with Gasteiger partial charge in [-0.3, -0.25) is 0 Å². The molecule has 0 aliphatic rings. The van der Waals surface area contributed by atoms with Gasteiger partial charge in [0.1, 0.15) is 0 Å². The van der Waals surface area contributed by atoms with Crippen LogP contribution in [0.2, 0.25) is 0 Å². The molecule has 7 nitrogen and oxygen atoms in total. The van der Waals surface area contributed by atoms with Crippen molar-refractivity contribution in [2.75, 3.05) is 6.61 Å². The first-order valence-electron chi connectivity index (χ1n) is 5.27. The van der Waals surface area contributed by atoms with E-state index in [-0.39, 0.29) is 18.1 Å². The lowest BCUT2D eigenvalue weighted by atomic mass is 10.5. The number of aromatic nitrogens is 3. The van der Waals surface area contributed by atoms with E-state index in [0.717, 1.165) is 6.07 Å². The fraction of sp³-hybridized carbons (Fsp3) is 0.333. The van der Waals surface area contributed by atoms with Crippen LogP contribution in [0, 0.1) is 0 Å². The zero-order valence-corrected chi connectivity index (χ0v) is 10.9. The van der Waals surface area contributed by atoms with E-state index in [9.17, 15) is 21.6 Å². The fourth-order valence-electron chi connectivity index (χ4n) is 1.56. The smallest absolute Gasteiger partial charge is 0.436 e. The largest absolute Gasteiger partial charge is 0.477 e. The summed E-state index contributed by atoms with van der Waals surface area (Å²) in [5, 5.41) is 7.24. The lowest BCUT2D eigenvalue weighted by Crippen LogP contribution is -2.21. The molecule has 20 heavy (non-hydrogen) atoms. The van der Waals surface area contributed by atoms with Crippen LogP contribution in [0.4, 0.5) is 13.2 Å². The van der Waals surface area contributed by atoms with E-state index >= 15 is 0 Å². The molecule has 2 aromatic heterocycles. The summed E-state index contributed by atoms with van der Waals surface area (Å²) in [6, 6.07) is 2.43. The predicted molar refractivity (Wildman–Crippen MR) is 60.5 cm³/mol. The van der Waals surface area contributed by atoms with Crippen molar-refractivity contribution in [1.82, 2.24) is 14.6 Å². The van der Waals surface area contributed by atoms with E-state index in [1.807, 2.05) is 0 Å². The average molecular weight is 310 g/mol. The zero-order valence-electron chi connectivity index (χ0n) is 10.0. The molecule has 2 aromatic rings. The standard InChI is InChI=1S/C9H9F3N4O3S/c1-2-19-6-4-3-5-14-7(9(10,11)12)8(16(5)15-6)20(13,17)18/h3-4H,2H2,1H3,(H2,13,17,18). The predicted octanol–water partition coefficient (Wildman–Crippen LogP) is 0.794. The van der Waals surface area contributed by atoms with Crippen LogP contribution in [0.15, 0.2) is 17.2 Å². The van der Waals surface area contributed by atoms with Gasteiger partial charge in [-0.05, 0) is 13.0 Å². The number of halogens is 3. The van der Waals surface area contributed by atoms with Crippen molar-refractivity contribution in [1.29, 1.82) is 0 Å². The Kier molecular flexibility index (Phi) is 3.34. The molecule has 0 spiro atoms. The number of hydrogen-bond donors (Lipinski definition) is 1. The van der Waals surface area contributed by atoms with Crippen LogP contribution in [-0.2, 0) is 16.2 Å². The summed E-state index contributed by atoms with van der Waals surface area (Å²) in [5.74, 6) is -0.0453. The van der Waals surface area contributed by atoms with Crippen LogP contribution in [0.1, 0.15) is 12.6 Å². The van der Waals surface area contributed by atoms with Gasteiger partial charge in [0.25, 0.3) is 10.0 Å². The normalized spacial score (nSPS) is 12.8. The first-order chi connectivity index (χ1) is 9.14. The van der Waals surface area contributed by atoms with Crippen molar-refractivity contribution in [3.8, 4) is 5.88 Å². The van der Waals surface area contributed by atoms with Crippen LogP contribution < -0.4 is 9.88 Å². The second-order valence-corrected chi connectivity index (χ2v) is 5.16. The molecular formula is C9H9F3N4O3S. The molecule has 0 aromatic carbocycles. The van der Waals surface area contributed by atoms with Gasteiger partial charge in [-0.1, -0.05) is 0 Å². The Morgan fingerprint density at radius 2 is 2.05 bits per heavy atom. The summed E-state index contributed by atoms with van der Waals surface area (Å²) in [5.41, 5.74) is -1.91. The summed E-state index contributed by atoms with van der Waals surface area (Å²) >= 11 is 0.